The summed E-state index contributed by atoms with van der Waals surface area (Å²) in [5.74, 6) is -1.73. The summed E-state index contributed by atoms with van der Waals surface area (Å²) < 4.78 is 0. The van der Waals surface area contributed by atoms with Crippen LogP contribution >= 0.6 is 23.4 Å². The van der Waals surface area contributed by atoms with E-state index in [1.54, 1.807) is 45.0 Å². The van der Waals surface area contributed by atoms with Gasteiger partial charge < -0.3 is 10.6 Å². The number of amides is 2. The normalized spacial score (nSPS) is 19.8. The van der Waals surface area contributed by atoms with E-state index in [4.69, 9.17) is 11.6 Å². The molecule has 1 aliphatic heterocycles. The van der Waals surface area contributed by atoms with Gasteiger partial charge in [-0.15, -0.1) is 0 Å². The number of carbonyl (C=O) groups is 2. The second kappa shape index (κ2) is 7.82. The molecule has 1 aliphatic rings. The predicted octanol–water partition coefficient (Wildman–Crippen LogP) is 3.43. The number of rotatable bonds is 4. The molecule has 134 valence electrons. The molecular formula is C18H17ClN4O2S. The van der Waals surface area contributed by atoms with E-state index < -0.39 is 22.5 Å². The van der Waals surface area contributed by atoms with Crippen molar-refractivity contribution in [2.75, 3.05) is 5.32 Å². The molecular weight excluding hydrogens is 372 g/mol. The van der Waals surface area contributed by atoms with Gasteiger partial charge in [0.15, 0.2) is 0 Å². The third-order valence-corrected chi connectivity index (χ3v) is 5.43. The molecule has 0 aromatic heterocycles. The zero-order valence-corrected chi connectivity index (χ0v) is 16.0. The van der Waals surface area contributed by atoms with E-state index in [1.165, 1.54) is 0 Å². The van der Waals surface area contributed by atoms with Gasteiger partial charge in [-0.3, -0.25) is 9.59 Å². The quantitative estimate of drug-likeness (QED) is 0.821. The molecule has 2 N–H and O–H groups in total. The number of nitrogens with zero attached hydrogens (tertiary/aromatic N) is 2. The number of hydrogen-bond acceptors (Lipinski definition) is 5. The first-order valence-corrected chi connectivity index (χ1v) is 9.05. The third-order valence-electron chi connectivity index (χ3n) is 4.09. The van der Waals surface area contributed by atoms with Crippen LogP contribution in [-0.2, 0) is 9.59 Å². The van der Waals surface area contributed by atoms with Gasteiger partial charge in [0, 0.05) is 16.1 Å². The monoisotopic (exact) mass is 388 g/mol. The lowest BCUT2D eigenvalue weighted by molar-refractivity contribution is -0.125. The van der Waals surface area contributed by atoms with Crippen molar-refractivity contribution in [3.05, 3.63) is 39.9 Å². The summed E-state index contributed by atoms with van der Waals surface area (Å²) in [7, 11) is 0. The fourth-order valence-electron chi connectivity index (χ4n) is 2.55. The maximum Gasteiger partial charge on any atom is 0.243 e. The Labute approximate surface area is 161 Å². The molecule has 1 aromatic rings. The van der Waals surface area contributed by atoms with Crippen LogP contribution in [0.5, 0.6) is 0 Å². The Hall–Kier alpha value is -2.48. The largest absolute Gasteiger partial charge is 0.325 e. The van der Waals surface area contributed by atoms with Crippen LogP contribution in [0.3, 0.4) is 0 Å². The van der Waals surface area contributed by atoms with Gasteiger partial charge in [-0.25, -0.2) is 0 Å². The lowest BCUT2D eigenvalue weighted by Crippen LogP contribution is -2.45. The van der Waals surface area contributed by atoms with Crippen LogP contribution in [-0.4, -0.2) is 17.1 Å². The summed E-state index contributed by atoms with van der Waals surface area (Å²) in [5.41, 5.74) is -0.0878. The van der Waals surface area contributed by atoms with Crippen molar-refractivity contribution in [3.8, 4) is 12.1 Å². The van der Waals surface area contributed by atoms with Gasteiger partial charge in [-0.05, 0) is 25.1 Å². The molecule has 2 rings (SSSR count). The van der Waals surface area contributed by atoms with E-state index in [0.717, 1.165) is 11.8 Å². The van der Waals surface area contributed by atoms with E-state index in [0.29, 0.717) is 15.7 Å². The average molecular weight is 389 g/mol. The molecule has 0 saturated carbocycles. The zero-order chi connectivity index (χ0) is 19.5. The molecule has 1 aromatic carbocycles. The molecule has 2 atom stereocenters. The van der Waals surface area contributed by atoms with Gasteiger partial charge >= 0.3 is 0 Å². The molecule has 0 spiro atoms. The highest BCUT2D eigenvalue weighted by molar-refractivity contribution is 8.04. The Kier molecular flexibility index (Phi) is 5.97. The van der Waals surface area contributed by atoms with Gasteiger partial charge in [0.25, 0.3) is 0 Å². The summed E-state index contributed by atoms with van der Waals surface area (Å²) in [6.45, 7) is 5.02. The summed E-state index contributed by atoms with van der Waals surface area (Å²) in [4.78, 5) is 24.6. The number of hydrogen-bond donors (Lipinski definition) is 2. The number of allylic oxidation sites excluding steroid dienone is 1. The van der Waals surface area contributed by atoms with Crippen molar-refractivity contribution in [3.63, 3.8) is 0 Å². The number of anilines is 1. The summed E-state index contributed by atoms with van der Waals surface area (Å²) in [5, 5.41) is 24.3. The third kappa shape index (κ3) is 4.01. The molecule has 0 fully saturated rings. The highest BCUT2D eigenvalue weighted by Crippen LogP contribution is 2.42. The lowest BCUT2D eigenvalue weighted by Gasteiger charge is -2.35. The van der Waals surface area contributed by atoms with Gasteiger partial charge in [-0.1, -0.05) is 43.3 Å². The molecule has 0 saturated heterocycles. The van der Waals surface area contributed by atoms with Crippen LogP contribution in [0.15, 0.2) is 34.9 Å². The van der Waals surface area contributed by atoms with E-state index in [1.807, 2.05) is 6.07 Å². The standard InChI is InChI=1S/C18H17ClN4O2S/c1-10(15(24)22-12-6-4-5-11(19)7-12)26-17-14(9-21)18(2,3)13(8-20)16(25)23-17/h4-7,10,13H,1-3H3,(H,22,24)(H,23,25)/t10-,13-/m1/s1. The van der Waals surface area contributed by atoms with E-state index in [9.17, 15) is 20.1 Å². The first-order valence-electron chi connectivity index (χ1n) is 7.79. The van der Waals surface area contributed by atoms with Crippen molar-refractivity contribution < 1.29 is 9.59 Å². The number of carbonyl (C=O) groups excluding carboxylic acids is 2. The van der Waals surface area contributed by atoms with E-state index >= 15 is 0 Å². The molecule has 6 nitrogen and oxygen atoms in total. The maximum atomic E-state index is 12.4. The van der Waals surface area contributed by atoms with Crippen LogP contribution in [0.4, 0.5) is 5.69 Å². The minimum Gasteiger partial charge on any atom is -0.325 e. The molecule has 0 aliphatic carbocycles. The molecule has 0 unspecified atom stereocenters. The van der Waals surface area contributed by atoms with Crippen LogP contribution in [0.1, 0.15) is 20.8 Å². The minimum atomic E-state index is -0.961. The number of benzene rings is 1. The molecule has 0 radical (unpaired) electrons. The van der Waals surface area contributed by atoms with Crippen molar-refractivity contribution >= 4 is 40.9 Å². The Morgan fingerprint density at radius 2 is 2.12 bits per heavy atom. The summed E-state index contributed by atoms with van der Waals surface area (Å²) in [6, 6.07) is 10.8. The van der Waals surface area contributed by atoms with E-state index in [2.05, 4.69) is 16.7 Å². The fraction of sp³-hybridized carbons (Fsp3) is 0.333. The highest BCUT2D eigenvalue weighted by Gasteiger charge is 2.45. The number of nitriles is 2. The van der Waals surface area contributed by atoms with Gasteiger partial charge in [0.1, 0.15) is 5.92 Å². The number of nitrogens with one attached hydrogen (secondary N) is 2. The van der Waals surface area contributed by atoms with Crippen LogP contribution in [0.2, 0.25) is 5.02 Å². The molecule has 1 heterocycles. The van der Waals surface area contributed by atoms with Crippen LogP contribution in [0, 0.1) is 34.0 Å². The second-order valence-electron chi connectivity index (χ2n) is 6.35. The van der Waals surface area contributed by atoms with Gasteiger partial charge in [0.05, 0.1) is 28.0 Å². The van der Waals surface area contributed by atoms with Gasteiger partial charge in [0.2, 0.25) is 11.8 Å². The predicted molar refractivity (Wildman–Crippen MR) is 101 cm³/mol. The Morgan fingerprint density at radius 1 is 1.42 bits per heavy atom. The van der Waals surface area contributed by atoms with E-state index in [-0.39, 0.29) is 11.5 Å². The zero-order valence-electron chi connectivity index (χ0n) is 14.5. The van der Waals surface area contributed by atoms with Gasteiger partial charge in [-0.2, -0.15) is 10.5 Å². The first-order chi connectivity index (χ1) is 12.2. The first kappa shape index (κ1) is 19.8. The highest BCUT2D eigenvalue weighted by atomic mass is 35.5. The fourth-order valence-corrected chi connectivity index (χ4v) is 3.85. The average Bonchev–Trinajstić information content (AvgIpc) is 2.54. The Morgan fingerprint density at radius 3 is 2.69 bits per heavy atom. The number of thioether (sulfide) groups is 1. The summed E-state index contributed by atoms with van der Waals surface area (Å²) >= 11 is 6.98. The minimum absolute atomic E-state index is 0.288. The van der Waals surface area contributed by atoms with Crippen LogP contribution < -0.4 is 10.6 Å². The van der Waals surface area contributed by atoms with Crippen LogP contribution in [0.25, 0.3) is 0 Å². The van der Waals surface area contributed by atoms with Crippen molar-refractivity contribution in [1.29, 1.82) is 10.5 Å². The molecule has 2 amide bonds. The molecule has 8 heteroatoms. The lowest BCUT2D eigenvalue weighted by atomic mass is 9.72. The van der Waals surface area contributed by atoms with Crippen molar-refractivity contribution in [1.82, 2.24) is 5.32 Å². The smallest absolute Gasteiger partial charge is 0.243 e. The SMILES string of the molecule is C[C@@H](SC1=C(C#N)C(C)(C)[C@H](C#N)C(=O)N1)C(=O)Nc1cccc(Cl)c1. The summed E-state index contributed by atoms with van der Waals surface area (Å²) in [6.07, 6.45) is 0. The number of halogens is 1. The topological polar surface area (TPSA) is 106 Å². The molecule has 26 heavy (non-hydrogen) atoms. The Bertz CT molecular complexity index is 867. The second-order valence-corrected chi connectivity index (χ2v) is 8.14. The maximum absolute atomic E-state index is 12.4. The van der Waals surface area contributed by atoms with Crippen molar-refractivity contribution in [2.24, 2.45) is 11.3 Å². The van der Waals surface area contributed by atoms with Crippen molar-refractivity contribution in [2.45, 2.75) is 26.0 Å². The Balaban J connectivity index is 2.21. The molecule has 0 bridgehead atoms.